The first-order valence-electron chi connectivity index (χ1n) is 6.80. The number of hydrogen-bond acceptors (Lipinski definition) is 6. The lowest BCUT2D eigenvalue weighted by Crippen LogP contribution is -2.10. The lowest BCUT2D eigenvalue weighted by Gasteiger charge is -2.12. The molecule has 2 aromatic rings. The second-order valence-electron chi connectivity index (χ2n) is 4.86. The predicted molar refractivity (Wildman–Crippen MR) is 84.5 cm³/mol. The van der Waals surface area contributed by atoms with Gasteiger partial charge >= 0.3 is 0 Å². The highest BCUT2D eigenvalue weighted by molar-refractivity contribution is 7.17. The molecule has 0 fully saturated rings. The Morgan fingerprint density at radius 2 is 2.38 bits per heavy atom. The molecule has 21 heavy (non-hydrogen) atoms. The number of rotatable bonds is 7. The van der Waals surface area contributed by atoms with Gasteiger partial charge in [-0.05, 0) is 20.3 Å². The highest BCUT2D eigenvalue weighted by Gasteiger charge is 2.18. The van der Waals surface area contributed by atoms with Crippen molar-refractivity contribution in [2.45, 2.75) is 32.9 Å². The molecule has 0 aliphatic rings. The van der Waals surface area contributed by atoms with Crippen LogP contribution in [-0.2, 0) is 6.54 Å². The zero-order valence-corrected chi connectivity index (χ0v) is 13.0. The zero-order chi connectivity index (χ0) is 15.2. The van der Waals surface area contributed by atoms with Gasteiger partial charge in [-0.1, -0.05) is 0 Å². The fourth-order valence-electron chi connectivity index (χ4n) is 1.86. The van der Waals surface area contributed by atoms with E-state index in [-0.39, 0.29) is 6.10 Å². The number of aromatic nitrogens is 2. The molecule has 2 rings (SSSR count). The van der Waals surface area contributed by atoms with Gasteiger partial charge in [-0.2, -0.15) is 5.26 Å². The highest BCUT2D eigenvalue weighted by atomic mass is 32.1. The maximum Gasteiger partial charge on any atom is 0.178 e. The minimum absolute atomic E-state index is 0.0138. The molecule has 0 saturated carbocycles. The first kappa shape index (κ1) is 15.2. The first-order chi connectivity index (χ1) is 10.1. The molecular formula is C14H19N5OS. The SMILES string of the molecule is CC(C)Oc1c(NCCCn2ccnc2)sc(C#N)c1N. The van der Waals surface area contributed by atoms with E-state index in [2.05, 4.69) is 16.4 Å². The number of aryl methyl sites for hydroxylation is 1. The smallest absolute Gasteiger partial charge is 0.178 e. The molecular weight excluding hydrogens is 286 g/mol. The van der Waals surface area contributed by atoms with Crippen molar-refractivity contribution >= 4 is 22.0 Å². The normalized spacial score (nSPS) is 10.6. The van der Waals surface area contributed by atoms with Crippen molar-refractivity contribution in [3.63, 3.8) is 0 Å². The molecule has 6 nitrogen and oxygen atoms in total. The maximum absolute atomic E-state index is 9.07. The van der Waals surface area contributed by atoms with Crippen LogP contribution in [0.1, 0.15) is 25.1 Å². The summed E-state index contributed by atoms with van der Waals surface area (Å²) in [7, 11) is 0. The largest absolute Gasteiger partial charge is 0.486 e. The van der Waals surface area contributed by atoms with Crippen LogP contribution in [-0.4, -0.2) is 22.2 Å². The quantitative estimate of drug-likeness (QED) is 0.768. The average molecular weight is 305 g/mol. The molecule has 0 amide bonds. The Balaban J connectivity index is 1.96. The van der Waals surface area contributed by atoms with E-state index in [0.29, 0.717) is 16.3 Å². The number of nitrogens with zero attached hydrogens (tertiary/aromatic N) is 3. The summed E-state index contributed by atoms with van der Waals surface area (Å²) in [5, 5.41) is 13.2. The van der Waals surface area contributed by atoms with Crippen LogP contribution < -0.4 is 15.8 Å². The molecule has 7 heteroatoms. The monoisotopic (exact) mass is 305 g/mol. The minimum Gasteiger partial charge on any atom is -0.486 e. The van der Waals surface area contributed by atoms with Gasteiger partial charge in [0.2, 0.25) is 0 Å². The average Bonchev–Trinajstić information content (AvgIpc) is 3.05. The van der Waals surface area contributed by atoms with Crippen molar-refractivity contribution in [1.29, 1.82) is 5.26 Å². The summed E-state index contributed by atoms with van der Waals surface area (Å²) in [6.07, 6.45) is 6.45. The molecule has 0 saturated heterocycles. The van der Waals surface area contributed by atoms with Gasteiger partial charge in [0.05, 0.1) is 12.4 Å². The summed E-state index contributed by atoms with van der Waals surface area (Å²) in [5.74, 6) is 0.592. The molecule has 0 atom stereocenters. The molecule has 2 heterocycles. The summed E-state index contributed by atoms with van der Waals surface area (Å²) in [4.78, 5) is 4.49. The summed E-state index contributed by atoms with van der Waals surface area (Å²) >= 11 is 1.33. The molecule has 0 spiro atoms. The van der Waals surface area contributed by atoms with E-state index in [1.165, 1.54) is 11.3 Å². The van der Waals surface area contributed by atoms with Crippen LogP contribution in [0.2, 0.25) is 0 Å². The number of nitrogens with one attached hydrogen (secondary N) is 1. The van der Waals surface area contributed by atoms with Gasteiger partial charge in [0.25, 0.3) is 0 Å². The van der Waals surface area contributed by atoms with E-state index < -0.39 is 0 Å². The van der Waals surface area contributed by atoms with Gasteiger partial charge in [-0.15, -0.1) is 11.3 Å². The Hall–Kier alpha value is -2.20. The Bertz CT molecular complexity index is 612. The summed E-state index contributed by atoms with van der Waals surface area (Å²) < 4.78 is 7.74. The van der Waals surface area contributed by atoms with Crippen LogP contribution in [0.3, 0.4) is 0 Å². The van der Waals surface area contributed by atoms with Crippen molar-refractivity contribution in [2.24, 2.45) is 0 Å². The molecule has 112 valence electrons. The Kier molecular flexibility index (Phi) is 5.06. The molecule has 0 bridgehead atoms. The topological polar surface area (TPSA) is 88.9 Å². The summed E-state index contributed by atoms with van der Waals surface area (Å²) in [6.45, 7) is 5.54. The van der Waals surface area contributed by atoms with Gasteiger partial charge in [-0.25, -0.2) is 4.98 Å². The van der Waals surface area contributed by atoms with Gasteiger partial charge in [0, 0.05) is 25.5 Å². The molecule has 2 aromatic heterocycles. The number of nitriles is 1. The van der Waals surface area contributed by atoms with E-state index in [1.54, 1.807) is 12.5 Å². The van der Waals surface area contributed by atoms with E-state index in [1.807, 2.05) is 24.6 Å². The third kappa shape index (κ3) is 3.89. The van der Waals surface area contributed by atoms with Crippen LogP contribution in [0.25, 0.3) is 0 Å². The Morgan fingerprint density at radius 1 is 1.57 bits per heavy atom. The van der Waals surface area contributed by atoms with Crippen molar-refractivity contribution in [1.82, 2.24) is 9.55 Å². The summed E-state index contributed by atoms with van der Waals surface area (Å²) in [5.41, 5.74) is 6.38. The molecule has 0 aromatic carbocycles. The van der Waals surface area contributed by atoms with Crippen LogP contribution in [0.4, 0.5) is 10.7 Å². The van der Waals surface area contributed by atoms with Gasteiger partial charge < -0.3 is 20.4 Å². The van der Waals surface area contributed by atoms with Crippen LogP contribution >= 0.6 is 11.3 Å². The lowest BCUT2D eigenvalue weighted by atomic mass is 10.3. The van der Waals surface area contributed by atoms with Crippen molar-refractivity contribution < 1.29 is 4.74 Å². The number of thiophene rings is 1. The lowest BCUT2D eigenvalue weighted by molar-refractivity contribution is 0.246. The molecule has 0 radical (unpaired) electrons. The minimum atomic E-state index is 0.0138. The Morgan fingerprint density at radius 3 is 3.00 bits per heavy atom. The maximum atomic E-state index is 9.07. The molecule has 0 aliphatic carbocycles. The number of imidazole rings is 1. The predicted octanol–water partition coefficient (Wildman–Crippen LogP) is 2.69. The van der Waals surface area contributed by atoms with Crippen molar-refractivity contribution in [2.75, 3.05) is 17.6 Å². The molecule has 0 unspecified atom stereocenters. The fraction of sp³-hybridized carbons (Fsp3) is 0.429. The number of nitrogen functional groups attached to an aromatic ring is 1. The number of anilines is 2. The Labute approximate surface area is 128 Å². The second kappa shape index (κ2) is 6.99. The van der Waals surface area contributed by atoms with Crippen molar-refractivity contribution in [3.8, 4) is 11.8 Å². The second-order valence-corrected chi connectivity index (χ2v) is 5.88. The van der Waals surface area contributed by atoms with E-state index in [4.69, 9.17) is 15.7 Å². The molecule has 3 N–H and O–H groups in total. The van der Waals surface area contributed by atoms with Crippen LogP contribution in [0.5, 0.6) is 5.75 Å². The van der Waals surface area contributed by atoms with Crippen molar-refractivity contribution in [3.05, 3.63) is 23.6 Å². The number of hydrogen-bond donors (Lipinski definition) is 2. The van der Waals surface area contributed by atoms with E-state index in [9.17, 15) is 0 Å². The van der Waals surface area contributed by atoms with Crippen LogP contribution in [0.15, 0.2) is 18.7 Å². The van der Waals surface area contributed by atoms with Gasteiger partial charge in [-0.3, -0.25) is 0 Å². The number of nitrogens with two attached hydrogens (primary N) is 1. The first-order valence-corrected chi connectivity index (χ1v) is 7.62. The third-order valence-electron chi connectivity index (χ3n) is 2.79. The van der Waals surface area contributed by atoms with Gasteiger partial charge in [0.1, 0.15) is 21.6 Å². The van der Waals surface area contributed by atoms with Gasteiger partial charge in [0.15, 0.2) is 5.75 Å². The summed E-state index contributed by atoms with van der Waals surface area (Å²) in [6, 6.07) is 2.10. The standard InChI is InChI=1S/C14H19N5OS/c1-10(2)20-13-12(16)11(8-15)21-14(13)18-4-3-6-19-7-5-17-9-19/h5,7,9-10,18H,3-4,6,16H2,1-2H3. The third-order valence-corrected chi connectivity index (χ3v) is 3.84. The van der Waals surface area contributed by atoms with Crippen LogP contribution in [0, 0.1) is 11.3 Å². The highest BCUT2D eigenvalue weighted by Crippen LogP contribution is 2.42. The fourth-order valence-corrected chi connectivity index (χ4v) is 2.74. The zero-order valence-electron chi connectivity index (χ0n) is 12.2. The van der Waals surface area contributed by atoms with E-state index in [0.717, 1.165) is 24.5 Å². The molecule has 0 aliphatic heterocycles. The van der Waals surface area contributed by atoms with E-state index >= 15 is 0 Å². The number of ether oxygens (including phenoxy) is 1.